The number of esters is 1. The van der Waals surface area contributed by atoms with Gasteiger partial charge in [-0.25, -0.2) is 8.78 Å². The van der Waals surface area contributed by atoms with Crippen molar-refractivity contribution in [1.29, 1.82) is 0 Å². The Morgan fingerprint density at radius 1 is 1.03 bits per heavy atom. The fourth-order valence-corrected chi connectivity index (χ4v) is 3.96. The molecule has 4 rings (SSSR count). The zero-order valence-corrected chi connectivity index (χ0v) is 18.5. The van der Waals surface area contributed by atoms with Gasteiger partial charge >= 0.3 is 5.97 Å². The topological polar surface area (TPSA) is 59.4 Å². The molecular weight excluding hydrogens is 424 g/mol. The Morgan fingerprint density at radius 3 is 2.21 bits per heavy atom. The quantitative estimate of drug-likeness (QED) is 0.493. The normalized spacial score (nSPS) is 18.7. The maximum Gasteiger partial charge on any atom is 0.309 e. The molecule has 6 heteroatoms. The summed E-state index contributed by atoms with van der Waals surface area (Å²) in [5, 5.41) is 9.92. The minimum atomic E-state index is -0.735. The predicted molar refractivity (Wildman–Crippen MR) is 123 cm³/mol. The Balaban J connectivity index is 1.85. The number of hydrogen-bond donors (Lipinski definition) is 1. The second-order valence-electron chi connectivity index (χ2n) is 8.50. The van der Waals surface area contributed by atoms with Crippen molar-refractivity contribution in [2.75, 3.05) is 0 Å². The SMILES string of the molecule is CC(C)c1nc(-c2ccc(F)cc2)cc(-c2ccc(F)cc2)c1/C=C/[C@@H]1C[C@@H](O)CC(=O)O1. The van der Waals surface area contributed by atoms with Gasteiger partial charge in [-0.1, -0.05) is 32.1 Å². The van der Waals surface area contributed by atoms with Crippen molar-refractivity contribution in [3.05, 3.63) is 83.6 Å². The summed E-state index contributed by atoms with van der Waals surface area (Å²) in [6.07, 6.45) is 2.65. The highest BCUT2D eigenvalue weighted by Gasteiger charge is 2.25. The summed E-state index contributed by atoms with van der Waals surface area (Å²) < 4.78 is 32.4. The standard InChI is InChI=1S/C27H25F2NO3/c1-16(2)27-23(12-11-22-13-21(31)14-26(32)33-22)24(17-3-7-19(28)8-4-17)15-25(30-27)18-5-9-20(29)10-6-18/h3-12,15-16,21-22,31H,13-14H2,1-2H3/b12-11+/t21-,22-/m1/s1. The number of hydrogen-bond acceptors (Lipinski definition) is 4. The first-order valence-corrected chi connectivity index (χ1v) is 10.9. The molecule has 0 saturated carbocycles. The van der Waals surface area contributed by atoms with Crippen molar-refractivity contribution in [3.63, 3.8) is 0 Å². The average molecular weight is 449 g/mol. The molecule has 1 fully saturated rings. The van der Waals surface area contributed by atoms with Gasteiger partial charge in [-0.15, -0.1) is 0 Å². The molecule has 1 saturated heterocycles. The van der Waals surface area contributed by atoms with Crippen LogP contribution < -0.4 is 0 Å². The third-order valence-electron chi connectivity index (χ3n) is 5.60. The number of aliphatic hydroxyl groups excluding tert-OH is 1. The van der Waals surface area contributed by atoms with Crippen LogP contribution in [0, 0.1) is 11.6 Å². The summed E-state index contributed by atoms with van der Waals surface area (Å²) in [6.45, 7) is 4.04. The number of nitrogens with zero attached hydrogens (tertiary/aromatic N) is 1. The van der Waals surface area contributed by atoms with E-state index in [2.05, 4.69) is 0 Å². The van der Waals surface area contributed by atoms with Gasteiger partial charge in [0.2, 0.25) is 0 Å². The minimum Gasteiger partial charge on any atom is -0.458 e. The van der Waals surface area contributed by atoms with Crippen molar-refractivity contribution in [1.82, 2.24) is 4.98 Å². The molecule has 170 valence electrons. The predicted octanol–water partition coefficient (Wildman–Crippen LogP) is 5.90. The molecule has 1 N–H and O–H groups in total. The average Bonchev–Trinajstić information content (AvgIpc) is 2.77. The number of carbonyl (C=O) groups excluding carboxylic acids is 1. The van der Waals surface area contributed by atoms with Gasteiger partial charge in [0.1, 0.15) is 17.7 Å². The molecule has 3 aromatic rings. The molecule has 1 aliphatic heterocycles. The van der Waals surface area contributed by atoms with Crippen molar-refractivity contribution < 1.29 is 23.4 Å². The van der Waals surface area contributed by atoms with Crippen molar-refractivity contribution in [3.8, 4) is 22.4 Å². The fraction of sp³-hybridized carbons (Fsp3) is 0.259. The lowest BCUT2D eigenvalue weighted by molar-refractivity contribution is -0.156. The first kappa shape index (κ1) is 22.8. The molecule has 1 aliphatic rings. The Morgan fingerprint density at radius 2 is 1.64 bits per heavy atom. The molecular formula is C27H25F2NO3. The van der Waals surface area contributed by atoms with Crippen LogP contribution in [0.1, 0.15) is 43.9 Å². The molecule has 0 bridgehead atoms. The Bertz CT molecular complexity index is 1170. The highest BCUT2D eigenvalue weighted by atomic mass is 19.1. The van der Waals surface area contributed by atoms with Crippen molar-refractivity contribution in [2.24, 2.45) is 0 Å². The van der Waals surface area contributed by atoms with Crippen LogP contribution >= 0.6 is 0 Å². The number of aliphatic hydroxyl groups is 1. The lowest BCUT2D eigenvalue weighted by Gasteiger charge is -2.24. The van der Waals surface area contributed by atoms with Crippen LogP contribution in [-0.2, 0) is 9.53 Å². The first-order valence-electron chi connectivity index (χ1n) is 10.9. The van der Waals surface area contributed by atoms with Crippen LogP contribution in [0.4, 0.5) is 8.78 Å². The maximum atomic E-state index is 13.6. The van der Waals surface area contributed by atoms with Crippen molar-refractivity contribution >= 4 is 12.0 Å². The van der Waals surface area contributed by atoms with Crippen LogP contribution in [0.5, 0.6) is 0 Å². The third kappa shape index (κ3) is 5.34. The Hall–Kier alpha value is -3.38. The largest absolute Gasteiger partial charge is 0.458 e. The van der Waals surface area contributed by atoms with Gasteiger partial charge in [-0.05, 0) is 65.6 Å². The lowest BCUT2D eigenvalue weighted by Crippen LogP contribution is -2.31. The van der Waals surface area contributed by atoms with E-state index in [1.165, 1.54) is 24.3 Å². The van der Waals surface area contributed by atoms with Crippen LogP contribution in [0.15, 0.2) is 60.7 Å². The summed E-state index contributed by atoms with van der Waals surface area (Å²) in [7, 11) is 0. The molecule has 0 spiro atoms. The van der Waals surface area contributed by atoms with E-state index in [0.717, 1.165) is 27.9 Å². The third-order valence-corrected chi connectivity index (χ3v) is 5.60. The van der Waals surface area contributed by atoms with Crippen LogP contribution in [0.2, 0.25) is 0 Å². The molecule has 0 radical (unpaired) electrons. The monoisotopic (exact) mass is 449 g/mol. The molecule has 2 aromatic carbocycles. The van der Waals surface area contributed by atoms with Gasteiger partial charge in [0.15, 0.2) is 0 Å². The molecule has 1 aromatic heterocycles. The van der Waals surface area contributed by atoms with E-state index < -0.39 is 18.2 Å². The maximum absolute atomic E-state index is 13.6. The molecule has 2 atom stereocenters. The number of pyridine rings is 1. The summed E-state index contributed by atoms with van der Waals surface area (Å²) in [4.78, 5) is 16.6. The molecule has 4 nitrogen and oxygen atoms in total. The zero-order valence-electron chi connectivity index (χ0n) is 18.5. The number of cyclic esters (lactones) is 1. The van der Waals surface area contributed by atoms with Gasteiger partial charge in [-0.2, -0.15) is 0 Å². The van der Waals surface area contributed by atoms with Crippen LogP contribution in [-0.4, -0.2) is 28.3 Å². The highest BCUT2D eigenvalue weighted by Crippen LogP contribution is 2.35. The number of aromatic nitrogens is 1. The van der Waals surface area contributed by atoms with E-state index in [4.69, 9.17) is 9.72 Å². The van der Waals surface area contributed by atoms with Crippen molar-refractivity contribution in [2.45, 2.75) is 44.8 Å². The number of halogens is 2. The molecule has 0 amide bonds. The number of carbonyl (C=O) groups is 1. The summed E-state index contributed by atoms with van der Waals surface area (Å²) in [6, 6.07) is 14.2. The zero-order chi connectivity index (χ0) is 23.5. The van der Waals surface area contributed by atoms with Gasteiger partial charge in [0.25, 0.3) is 0 Å². The lowest BCUT2D eigenvalue weighted by atomic mass is 9.91. The number of ether oxygens (including phenoxy) is 1. The summed E-state index contributed by atoms with van der Waals surface area (Å²) in [5.41, 5.74) is 4.68. The van der Waals surface area contributed by atoms with Gasteiger partial charge in [-0.3, -0.25) is 9.78 Å². The smallest absolute Gasteiger partial charge is 0.309 e. The summed E-state index contributed by atoms with van der Waals surface area (Å²) in [5.74, 6) is -1.05. The van der Waals surface area contributed by atoms with Crippen LogP contribution in [0.3, 0.4) is 0 Å². The molecule has 0 unspecified atom stereocenters. The summed E-state index contributed by atoms with van der Waals surface area (Å²) >= 11 is 0. The van der Waals surface area contributed by atoms with E-state index in [1.807, 2.05) is 26.0 Å². The van der Waals surface area contributed by atoms with E-state index in [1.54, 1.807) is 30.3 Å². The highest BCUT2D eigenvalue weighted by molar-refractivity contribution is 5.81. The fourth-order valence-electron chi connectivity index (χ4n) is 3.96. The second-order valence-corrected chi connectivity index (χ2v) is 8.50. The Kier molecular flexibility index (Phi) is 6.65. The van der Waals surface area contributed by atoms with Gasteiger partial charge in [0, 0.05) is 17.5 Å². The van der Waals surface area contributed by atoms with Gasteiger partial charge < -0.3 is 9.84 Å². The molecule has 33 heavy (non-hydrogen) atoms. The number of benzene rings is 2. The molecule has 2 heterocycles. The number of rotatable bonds is 5. The van der Waals surface area contributed by atoms with Crippen LogP contribution in [0.25, 0.3) is 28.5 Å². The Labute approximate surface area is 191 Å². The minimum absolute atomic E-state index is 0.00363. The van der Waals surface area contributed by atoms with E-state index >= 15 is 0 Å². The van der Waals surface area contributed by atoms with E-state index in [-0.39, 0.29) is 24.0 Å². The van der Waals surface area contributed by atoms with Gasteiger partial charge in [0.05, 0.1) is 23.9 Å². The van der Waals surface area contributed by atoms with E-state index in [9.17, 15) is 18.7 Å². The second kappa shape index (κ2) is 9.63. The first-order chi connectivity index (χ1) is 15.8. The van der Waals surface area contributed by atoms with E-state index in [0.29, 0.717) is 12.1 Å². The molecule has 0 aliphatic carbocycles.